The van der Waals surface area contributed by atoms with Gasteiger partial charge in [0, 0.05) is 0 Å². The molecule has 0 bridgehead atoms. The molecular weight excluding hydrogens is 282 g/mol. The van der Waals surface area contributed by atoms with Gasteiger partial charge in [-0.05, 0) is 74.8 Å². The minimum atomic E-state index is -0.832. The highest BCUT2D eigenvalue weighted by molar-refractivity contribution is 5.33. The van der Waals surface area contributed by atoms with Crippen molar-refractivity contribution in [2.75, 3.05) is 6.61 Å². The number of hydrogen-bond acceptors (Lipinski definition) is 1. The molecule has 2 aliphatic rings. The molecule has 0 aliphatic heterocycles. The van der Waals surface area contributed by atoms with E-state index in [0.29, 0.717) is 12.2 Å². The number of allylic oxidation sites excluding steroid dienone is 2. The highest BCUT2D eigenvalue weighted by atomic mass is 19.2. The molecule has 3 heteroatoms. The molecule has 3 rings (SSSR count). The van der Waals surface area contributed by atoms with Crippen molar-refractivity contribution in [1.82, 2.24) is 0 Å². The van der Waals surface area contributed by atoms with E-state index < -0.39 is 11.6 Å². The van der Waals surface area contributed by atoms with E-state index in [1.54, 1.807) is 19.1 Å². The second kappa shape index (κ2) is 6.80. The molecular formula is C19H24F2O. The molecule has 1 fully saturated rings. The van der Waals surface area contributed by atoms with Crippen molar-refractivity contribution >= 4 is 0 Å². The zero-order valence-electron chi connectivity index (χ0n) is 13.2. The van der Waals surface area contributed by atoms with E-state index in [4.69, 9.17) is 4.74 Å². The molecule has 1 saturated carbocycles. The van der Waals surface area contributed by atoms with Gasteiger partial charge < -0.3 is 4.74 Å². The van der Waals surface area contributed by atoms with E-state index in [-0.39, 0.29) is 11.7 Å². The Balaban J connectivity index is 1.67. The Hall–Kier alpha value is -1.38. The van der Waals surface area contributed by atoms with E-state index in [2.05, 4.69) is 12.2 Å². The number of ether oxygens (including phenoxy) is 1. The summed E-state index contributed by atoms with van der Waals surface area (Å²) >= 11 is 0. The van der Waals surface area contributed by atoms with Crippen LogP contribution in [-0.2, 0) is 0 Å². The first-order valence-electron chi connectivity index (χ1n) is 8.46. The first kappa shape index (κ1) is 15.5. The van der Waals surface area contributed by atoms with Gasteiger partial charge in [0.25, 0.3) is 0 Å². The lowest BCUT2D eigenvalue weighted by atomic mass is 9.73. The van der Waals surface area contributed by atoms with Gasteiger partial charge in [0.15, 0.2) is 11.6 Å². The lowest BCUT2D eigenvalue weighted by Crippen LogP contribution is -2.20. The first-order valence-corrected chi connectivity index (χ1v) is 8.46. The molecule has 2 aliphatic carbocycles. The highest BCUT2D eigenvalue weighted by Crippen LogP contribution is 2.43. The summed E-state index contributed by atoms with van der Waals surface area (Å²) < 4.78 is 33.4. The van der Waals surface area contributed by atoms with E-state index in [0.717, 1.165) is 37.5 Å². The fourth-order valence-corrected chi connectivity index (χ4v) is 4.05. The Morgan fingerprint density at radius 1 is 0.955 bits per heavy atom. The van der Waals surface area contributed by atoms with Crippen LogP contribution in [0.1, 0.15) is 56.9 Å². The van der Waals surface area contributed by atoms with Crippen LogP contribution < -0.4 is 4.74 Å². The third-order valence-corrected chi connectivity index (χ3v) is 5.30. The second-order valence-electron chi connectivity index (χ2n) is 6.53. The third-order valence-electron chi connectivity index (χ3n) is 5.30. The summed E-state index contributed by atoms with van der Waals surface area (Å²) in [7, 11) is 0. The maximum atomic E-state index is 14.3. The normalized spacial score (nSPS) is 25.6. The van der Waals surface area contributed by atoms with Crippen molar-refractivity contribution < 1.29 is 13.5 Å². The Bertz CT molecular complexity index is 537. The van der Waals surface area contributed by atoms with Crippen molar-refractivity contribution in [3.05, 3.63) is 41.5 Å². The lowest BCUT2D eigenvalue weighted by molar-refractivity contribution is 0.237. The van der Waals surface area contributed by atoms with Gasteiger partial charge in [-0.2, -0.15) is 4.39 Å². The Kier molecular flexibility index (Phi) is 4.80. The first-order chi connectivity index (χ1) is 10.7. The smallest absolute Gasteiger partial charge is 0.200 e. The number of hydrogen-bond donors (Lipinski definition) is 0. The van der Waals surface area contributed by atoms with Crippen LogP contribution in [-0.4, -0.2) is 6.61 Å². The van der Waals surface area contributed by atoms with Crippen LogP contribution in [0.4, 0.5) is 8.78 Å². The SMILES string of the molecule is CCOc1ccc(C2CCC(C3CC=CC3)CC2)c(F)c1F. The number of benzene rings is 1. The van der Waals surface area contributed by atoms with E-state index in [1.807, 2.05) is 0 Å². The van der Waals surface area contributed by atoms with Crippen LogP contribution in [0.2, 0.25) is 0 Å². The predicted octanol–water partition coefficient (Wildman–Crippen LogP) is 5.60. The fourth-order valence-electron chi connectivity index (χ4n) is 4.05. The molecule has 0 unspecified atom stereocenters. The summed E-state index contributed by atoms with van der Waals surface area (Å²) in [4.78, 5) is 0. The molecule has 0 spiro atoms. The molecule has 0 atom stereocenters. The molecule has 22 heavy (non-hydrogen) atoms. The third kappa shape index (κ3) is 3.04. The van der Waals surface area contributed by atoms with Gasteiger partial charge >= 0.3 is 0 Å². The molecule has 0 heterocycles. The van der Waals surface area contributed by atoms with Crippen LogP contribution in [0.15, 0.2) is 24.3 Å². The van der Waals surface area contributed by atoms with Crippen LogP contribution in [0.3, 0.4) is 0 Å². The minimum Gasteiger partial charge on any atom is -0.491 e. The topological polar surface area (TPSA) is 9.23 Å². The Morgan fingerprint density at radius 2 is 1.64 bits per heavy atom. The van der Waals surface area contributed by atoms with Gasteiger partial charge in [0.1, 0.15) is 0 Å². The average Bonchev–Trinajstić information content (AvgIpc) is 3.07. The molecule has 1 aromatic carbocycles. The van der Waals surface area contributed by atoms with Crippen LogP contribution in [0, 0.1) is 23.5 Å². The average molecular weight is 306 g/mol. The molecule has 0 radical (unpaired) electrons. The summed E-state index contributed by atoms with van der Waals surface area (Å²) in [6, 6.07) is 3.29. The zero-order valence-corrected chi connectivity index (χ0v) is 13.2. The van der Waals surface area contributed by atoms with Crippen LogP contribution >= 0.6 is 0 Å². The van der Waals surface area contributed by atoms with E-state index in [1.165, 1.54) is 12.8 Å². The quantitative estimate of drug-likeness (QED) is 0.658. The summed E-state index contributed by atoms with van der Waals surface area (Å²) in [5, 5.41) is 0. The molecule has 1 nitrogen and oxygen atoms in total. The van der Waals surface area contributed by atoms with Crippen molar-refractivity contribution in [3.8, 4) is 5.75 Å². The molecule has 0 aromatic heterocycles. The number of halogens is 2. The van der Waals surface area contributed by atoms with E-state index in [9.17, 15) is 8.78 Å². The van der Waals surface area contributed by atoms with Crippen LogP contribution in [0.25, 0.3) is 0 Å². The molecule has 0 N–H and O–H groups in total. The standard InChI is InChI=1S/C19H24F2O/c1-2-22-17-12-11-16(18(20)19(17)21)15-9-7-14(8-10-15)13-5-3-4-6-13/h3-4,11-15H,2,5-10H2,1H3. The van der Waals surface area contributed by atoms with E-state index >= 15 is 0 Å². The lowest BCUT2D eigenvalue weighted by Gasteiger charge is -2.32. The highest BCUT2D eigenvalue weighted by Gasteiger charge is 2.30. The van der Waals surface area contributed by atoms with Crippen molar-refractivity contribution in [2.45, 2.75) is 51.4 Å². The van der Waals surface area contributed by atoms with Gasteiger partial charge in [0.05, 0.1) is 6.61 Å². The summed E-state index contributed by atoms with van der Waals surface area (Å²) in [5.41, 5.74) is 0.531. The molecule has 120 valence electrons. The minimum absolute atomic E-state index is 0.0227. The van der Waals surface area contributed by atoms with Gasteiger partial charge in [-0.15, -0.1) is 0 Å². The Labute approximate surface area is 131 Å². The molecule has 1 aromatic rings. The zero-order chi connectivity index (χ0) is 15.5. The fraction of sp³-hybridized carbons (Fsp3) is 0.579. The summed E-state index contributed by atoms with van der Waals surface area (Å²) in [6.45, 7) is 2.11. The summed E-state index contributed by atoms with van der Waals surface area (Å²) in [6.07, 6.45) is 11.1. The monoisotopic (exact) mass is 306 g/mol. The maximum absolute atomic E-state index is 14.3. The number of rotatable bonds is 4. The Morgan fingerprint density at radius 3 is 2.27 bits per heavy atom. The van der Waals surface area contributed by atoms with Crippen molar-refractivity contribution in [3.63, 3.8) is 0 Å². The maximum Gasteiger partial charge on any atom is 0.200 e. The van der Waals surface area contributed by atoms with Crippen molar-refractivity contribution in [2.24, 2.45) is 11.8 Å². The second-order valence-corrected chi connectivity index (χ2v) is 6.53. The van der Waals surface area contributed by atoms with Gasteiger partial charge in [-0.3, -0.25) is 0 Å². The van der Waals surface area contributed by atoms with Crippen LogP contribution in [0.5, 0.6) is 5.75 Å². The van der Waals surface area contributed by atoms with Gasteiger partial charge in [-0.25, -0.2) is 4.39 Å². The van der Waals surface area contributed by atoms with Gasteiger partial charge in [-0.1, -0.05) is 18.2 Å². The van der Waals surface area contributed by atoms with Gasteiger partial charge in [0.2, 0.25) is 5.82 Å². The van der Waals surface area contributed by atoms with Crippen molar-refractivity contribution in [1.29, 1.82) is 0 Å². The molecule has 0 amide bonds. The molecule has 0 saturated heterocycles. The predicted molar refractivity (Wildman–Crippen MR) is 84.1 cm³/mol. The summed E-state index contributed by atoms with van der Waals surface area (Å²) in [5.74, 6) is 0.161. The largest absolute Gasteiger partial charge is 0.491 e.